The lowest BCUT2D eigenvalue weighted by molar-refractivity contribution is 1.05. The zero-order chi connectivity index (χ0) is 12.6. The van der Waals surface area contributed by atoms with E-state index in [-0.39, 0.29) is 0 Å². The van der Waals surface area contributed by atoms with Crippen molar-refractivity contribution in [2.45, 2.75) is 0 Å². The van der Waals surface area contributed by atoms with Gasteiger partial charge in [0.05, 0.1) is 6.21 Å². The van der Waals surface area contributed by atoms with E-state index in [2.05, 4.69) is 20.8 Å². The van der Waals surface area contributed by atoms with Gasteiger partial charge in [-0.05, 0) is 30.4 Å². The molecule has 90 valence electrons. The average Bonchev–Trinajstić information content (AvgIpc) is 2.41. The molecule has 2 aromatic rings. The number of rotatable bonds is 3. The number of hydrogen-bond donors (Lipinski definition) is 2. The molecule has 0 atom stereocenters. The molecule has 0 unspecified atom stereocenters. The molecule has 0 amide bonds. The number of anilines is 1. The quantitative estimate of drug-likeness (QED) is 0.503. The first kappa shape index (κ1) is 12.2. The van der Waals surface area contributed by atoms with Crippen LogP contribution in [-0.2, 0) is 0 Å². The molecular weight excluding hydrogens is 244 g/mol. The SMILES string of the molecule is S=C(N/N=C/c1cccnc1)Nc1ccccc1. The third-order valence-electron chi connectivity index (χ3n) is 2.10. The number of para-hydroxylation sites is 1. The predicted octanol–water partition coefficient (Wildman–Crippen LogP) is 2.40. The summed E-state index contributed by atoms with van der Waals surface area (Å²) >= 11 is 5.10. The minimum absolute atomic E-state index is 0.446. The van der Waals surface area contributed by atoms with Crippen molar-refractivity contribution < 1.29 is 0 Å². The fraction of sp³-hybridized carbons (Fsp3) is 0. The number of benzene rings is 1. The van der Waals surface area contributed by atoms with Crippen molar-refractivity contribution in [2.75, 3.05) is 5.32 Å². The van der Waals surface area contributed by atoms with E-state index < -0.39 is 0 Å². The lowest BCUT2D eigenvalue weighted by atomic mass is 10.3. The maximum atomic E-state index is 5.10. The smallest absolute Gasteiger partial charge is 0.191 e. The van der Waals surface area contributed by atoms with Crippen molar-refractivity contribution >= 4 is 29.2 Å². The van der Waals surface area contributed by atoms with Crippen LogP contribution < -0.4 is 10.7 Å². The molecule has 1 aromatic carbocycles. The molecule has 0 fully saturated rings. The number of nitrogens with zero attached hydrogens (tertiary/aromatic N) is 2. The third kappa shape index (κ3) is 3.95. The van der Waals surface area contributed by atoms with Crippen LogP contribution in [0.1, 0.15) is 5.56 Å². The van der Waals surface area contributed by atoms with Gasteiger partial charge in [0, 0.05) is 23.6 Å². The molecule has 0 saturated heterocycles. The number of aromatic nitrogens is 1. The number of hydrazone groups is 1. The Kier molecular flexibility index (Phi) is 4.38. The highest BCUT2D eigenvalue weighted by molar-refractivity contribution is 7.80. The van der Waals surface area contributed by atoms with Crippen molar-refractivity contribution in [1.29, 1.82) is 0 Å². The molecule has 1 aromatic heterocycles. The molecule has 0 saturated carbocycles. The van der Waals surface area contributed by atoms with Crippen molar-refractivity contribution in [1.82, 2.24) is 10.4 Å². The van der Waals surface area contributed by atoms with E-state index in [1.165, 1.54) is 0 Å². The second-order valence-electron chi connectivity index (χ2n) is 3.48. The first-order chi connectivity index (χ1) is 8.84. The minimum atomic E-state index is 0.446. The van der Waals surface area contributed by atoms with Gasteiger partial charge < -0.3 is 5.32 Å². The van der Waals surface area contributed by atoms with Crippen molar-refractivity contribution in [3.63, 3.8) is 0 Å². The highest BCUT2D eigenvalue weighted by atomic mass is 32.1. The largest absolute Gasteiger partial charge is 0.331 e. The summed E-state index contributed by atoms with van der Waals surface area (Å²) in [6.45, 7) is 0. The van der Waals surface area contributed by atoms with Gasteiger partial charge in [-0.2, -0.15) is 5.10 Å². The van der Waals surface area contributed by atoms with E-state index in [0.717, 1.165) is 11.3 Å². The van der Waals surface area contributed by atoms with Crippen molar-refractivity contribution in [3.05, 3.63) is 60.4 Å². The Hall–Kier alpha value is -2.27. The van der Waals surface area contributed by atoms with Crippen LogP contribution in [0.25, 0.3) is 0 Å². The predicted molar refractivity (Wildman–Crippen MR) is 77.6 cm³/mol. The van der Waals surface area contributed by atoms with E-state index >= 15 is 0 Å². The lowest BCUT2D eigenvalue weighted by Gasteiger charge is -2.05. The summed E-state index contributed by atoms with van der Waals surface area (Å²) in [5.41, 5.74) is 4.57. The molecule has 5 heteroatoms. The van der Waals surface area contributed by atoms with Crippen LogP contribution >= 0.6 is 12.2 Å². The van der Waals surface area contributed by atoms with Gasteiger partial charge in [-0.25, -0.2) is 0 Å². The van der Waals surface area contributed by atoms with Gasteiger partial charge in [0.15, 0.2) is 5.11 Å². The first-order valence-corrected chi connectivity index (χ1v) is 5.80. The Morgan fingerprint density at radius 1 is 1.17 bits per heavy atom. The fourth-order valence-corrected chi connectivity index (χ4v) is 1.47. The van der Waals surface area contributed by atoms with Crippen molar-refractivity contribution in [2.24, 2.45) is 5.10 Å². The summed E-state index contributed by atoms with van der Waals surface area (Å²) in [5, 5.41) is 7.48. The van der Waals surface area contributed by atoms with Crippen LogP contribution in [0.5, 0.6) is 0 Å². The van der Waals surface area contributed by atoms with E-state index in [0.29, 0.717) is 5.11 Å². The Morgan fingerprint density at radius 3 is 2.72 bits per heavy atom. The van der Waals surface area contributed by atoms with Gasteiger partial charge in [-0.3, -0.25) is 10.4 Å². The average molecular weight is 256 g/mol. The molecule has 0 aliphatic carbocycles. The van der Waals surface area contributed by atoms with E-state index in [9.17, 15) is 0 Å². The summed E-state index contributed by atoms with van der Waals surface area (Å²) in [6.07, 6.45) is 5.09. The molecule has 2 N–H and O–H groups in total. The Labute approximate surface area is 111 Å². The van der Waals surface area contributed by atoms with Gasteiger partial charge in [-0.15, -0.1) is 0 Å². The Balaban J connectivity index is 1.84. The monoisotopic (exact) mass is 256 g/mol. The topological polar surface area (TPSA) is 49.3 Å². The molecule has 1 heterocycles. The molecule has 0 aliphatic rings. The summed E-state index contributed by atoms with van der Waals surface area (Å²) in [5.74, 6) is 0. The van der Waals surface area contributed by atoms with Crippen LogP contribution in [0.15, 0.2) is 60.0 Å². The van der Waals surface area contributed by atoms with Crippen LogP contribution in [0, 0.1) is 0 Å². The fourth-order valence-electron chi connectivity index (χ4n) is 1.30. The van der Waals surface area contributed by atoms with Crippen LogP contribution in [0.2, 0.25) is 0 Å². The molecule has 0 bridgehead atoms. The lowest BCUT2D eigenvalue weighted by Crippen LogP contribution is -2.23. The molecular formula is C13H12N4S. The zero-order valence-corrected chi connectivity index (χ0v) is 10.4. The first-order valence-electron chi connectivity index (χ1n) is 5.40. The molecule has 0 spiro atoms. The van der Waals surface area contributed by atoms with Crippen LogP contribution in [-0.4, -0.2) is 16.3 Å². The summed E-state index contributed by atoms with van der Waals surface area (Å²) < 4.78 is 0. The number of thiocarbonyl (C=S) groups is 1. The second-order valence-corrected chi connectivity index (χ2v) is 3.88. The van der Waals surface area contributed by atoms with Gasteiger partial charge in [0.25, 0.3) is 0 Å². The highest BCUT2D eigenvalue weighted by Crippen LogP contribution is 2.04. The molecule has 18 heavy (non-hydrogen) atoms. The van der Waals surface area contributed by atoms with Crippen LogP contribution in [0.4, 0.5) is 5.69 Å². The van der Waals surface area contributed by atoms with Gasteiger partial charge >= 0.3 is 0 Å². The second kappa shape index (κ2) is 6.46. The number of pyridine rings is 1. The van der Waals surface area contributed by atoms with Crippen LogP contribution in [0.3, 0.4) is 0 Å². The summed E-state index contributed by atoms with van der Waals surface area (Å²) in [4.78, 5) is 3.98. The Morgan fingerprint density at radius 2 is 2.00 bits per heavy atom. The van der Waals surface area contributed by atoms with E-state index in [1.807, 2.05) is 42.5 Å². The maximum absolute atomic E-state index is 5.10. The highest BCUT2D eigenvalue weighted by Gasteiger charge is 1.93. The normalized spacial score (nSPS) is 10.2. The van der Waals surface area contributed by atoms with Crippen molar-refractivity contribution in [3.8, 4) is 0 Å². The number of nitrogens with one attached hydrogen (secondary N) is 2. The van der Waals surface area contributed by atoms with Gasteiger partial charge in [0.1, 0.15) is 0 Å². The molecule has 2 rings (SSSR count). The maximum Gasteiger partial charge on any atom is 0.191 e. The summed E-state index contributed by atoms with van der Waals surface area (Å²) in [7, 11) is 0. The van der Waals surface area contributed by atoms with Gasteiger partial charge in [-0.1, -0.05) is 24.3 Å². The molecule has 4 nitrogen and oxygen atoms in total. The third-order valence-corrected chi connectivity index (χ3v) is 2.29. The molecule has 0 radical (unpaired) electrons. The molecule has 0 aliphatic heterocycles. The van der Waals surface area contributed by atoms with E-state index in [4.69, 9.17) is 12.2 Å². The minimum Gasteiger partial charge on any atom is -0.331 e. The number of hydrogen-bond acceptors (Lipinski definition) is 3. The standard InChI is InChI=1S/C13H12N4S/c18-13(16-12-6-2-1-3-7-12)17-15-10-11-5-4-8-14-9-11/h1-10H,(H2,16,17,18)/b15-10+. The van der Waals surface area contributed by atoms with E-state index in [1.54, 1.807) is 18.6 Å². The zero-order valence-electron chi connectivity index (χ0n) is 9.58. The Bertz CT molecular complexity index is 525. The van der Waals surface area contributed by atoms with Gasteiger partial charge in [0.2, 0.25) is 0 Å². The summed E-state index contributed by atoms with van der Waals surface area (Å²) in [6, 6.07) is 13.4.